The van der Waals surface area contributed by atoms with Crippen molar-refractivity contribution in [1.29, 1.82) is 0 Å². The summed E-state index contributed by atoms with van der Waals surface area (Å²) in [6, 6.07) is 9.80. The van der Waals surface area contributed by atoms with Gasteiger partial charge in [0.2, 0.25) is 11.8 Å². The lowest BCUT2D eigenvalue weighted by atomic mass is 9.88. The van der Waals surface area contributed by atoms with Crippen LogP contribution in [0.4, 0.5) is 0 Å². The molecule has 1 saturated heterocycles. The first kappa shape index (κ1) is 18.5. The zero-order chi connectivity index (χ0) is 15.2. The second-order valence-corrected chi connectivity index (χ2v) is 5.66. The molecule has 1 aromatic rings. The normalized spacial score (nSPS) is 15.2. The number of amides is 2. The van der Waals surface area contributed by atoms with Gasteiger partial charge in [-0.2, -0.15) is 0 Å². The molecule has 2 rings (SSSR count). The molecule has 1 unspecified atom stereocenters. The van der Waals surface area contributed by atoms with Crippen molar-refractivity contribution < 1.29 is 9.59 Å². The maximum absolute atomic E-state index is 12.0. The molecule has 1 atom stereocenters. The van der Waals surface area contributed by atoms with Crippen LogP contribution in [-0.2, 0) is 16.1 Å². The number of likely N-dealkylation sites (N-methyl/N-ethyl adjacent to an activating group) is 1. The Bertz CT molecular complexity index is 491. The van der Waals surface area contributed by atoms with Gasteiger partial charge in [-0.15, -0.1) is 12.4 Å². The van der Waals surface area contributed by atoms with Gasteiger partial charge in [0.1, 0.15) is 0 Å². The highest BCUT2D eigenvalue weighted by atomic mass is 35.5. The monoisotopic (exact) mass is 325 g/mol. The molecule has 1 fully saturated rings. The van der Waals surface area contributed by atoms with Gasteiger partial charge in [0.05, 0.1) is 6.54 Å². The number of nitrogens with zero attached hydrogens (tertiary/aromatic N) is 1. The van der Waals surface area contributed by atoms with Gasteiger partial charge in [-0.25, -0.2) is 0 Å². The number of carbonyl (C=O) groups excluding carboxylic acids is 2. The summed E-state index contributed by atoms with van der Waals surface area (Å²) < 4.78 is 0. The van der Waals surface area contributed by atoms with E-state index >= 15 is 0 Å². The number of rotatable bonds is 6. The van der Waals surface area contributed by atoms with Crippen LogP contribution >= 0.6 is 12.4 Å². The lowest BCUT2D eigenvalue weighted by molar-refractivity contribution is -0.134. The Morgan fingerprint density at radius 2 is 1.95 bits per heavy atom. The van der Waals surface area contributed by atoms with Gasteiger partial charge in [0, 0.05) is 19.5 Å². The van der Waals surface area contributed by atoms with Gasteiger partial charge in [0.25, 0.3) is 0 Å². The summed E-state index contributed by atoms with van der Waals surface area (Å²) in [7, 11) is 1.75. The van der Waals surface area contributed by atoms with E-state index in [1.807, 2.05) is 37.3 Å². The van der Waals surface area contributed by atoms with E-state index in [0.717, 1.165) is 18.7 Å². The maximum Gasteiger partial charge on any atom is 0.242 e. The van der Waals surface area contributed by atoms with E-state index in [2.05, 4.69) is 10.6 Å². The lowest BCUT2D eigenvalue weighted by Crippen LogP contribution is -2.50. The molecule has 122 valence electrons. The van der Waals surface area contributed by atoms with Crippen molar-refractivity contribution in [2.45, 2.75) is 13.5 Å². The Labute approximate surface area is 137 Å². The molecule has 1 aliphatic heterocycles. The summed E-state index contributed by atoms with van der Waals surface area (Å²) in [6.07, 6.45) is 0. The molecule has 22 heavy (non-hydrogen) atoms. The van der Waals surface area contributed by atoms with Crippen LogP contribution in [0.3, 0.4) is 0 Å². The van der Waals surface area contributed by atoms with E-state index in [1.165, 1.54) is 0 Å². The van der Waals surface area contributed by atoms with Crippen molar-refractivity contribution in [2.24, 2.45) is 11.8 Å². The van der Waals surface area contributed by atoms with Crippen LogP contribution < -0.4 is 10.6 Å². The predicted octanol–water partition coefficient (Wildman–Crippen LogP) is 1.04. The van der Waals surface area contributed by atoms with E-state index in [4.69, 9.17) is 0 Å². The Balaban J connectivity index is 0.00000242. The highest BCUT2D eigenvalue weighted by molar-refractivity contribution is 5.86. The number of halogens is 1. The van der Waals surface area contributed by atoms with Gasteiger partial charge in [0.15, 0.2) is 0 Å². The largest absolute Gasteiger partial charge is 0.347 e. The Morgan fingerprint density at radius 1 is 1.32 bits per heavy atom. The number of nitrogens with one attached hydrogen (secondary N) is 2. The molecule has 0 bridgehead atoms. The molecule has 0 spiro atoms. The smallest absolute Gasteiger partial charge is 0.242 e. The van der Waals surface area contributed by atoms with Crippen molar-refractivity contribution in [2.75, 3.05) is 26.7 Å². The fourth-order valence-electron chi connectivity index (χ4n) is 2.28. The Hall–Kier alpha value is -1.59. The molecule has 0 radical (unpaired) electrons. The lowest BCUT2D eigenvalue weighted by Gasteiger charge is -2.31. The van der Waals surface area contributed by atoms with Crippen molar-refractivity contribution in [3.05, 3.63) is 35.9 Å². The van der Waals surface area contributed by atoms with Crippen LogP contribution in [0.1, 0.15) is 12.5 Å². The number of benzene rings is 1. The summed E-state index contributed by atoms with van der Waals surface area (Å²) >= 11 is 0. The summed E-state index contributed by atoms with van der Waals surface area (Å²) in [4.78, 5) is 25.6. The molecular formula is C16H24ClN3O2. The van der Waals surface area contributed by atoms with Crippen LogP contribution in [-0.4, -0.2) is 43.4 Å². The minimum atomic E-state index is -0.0777. The molecule has 1 heterocycles. The first-order valence-electron chi connectivity index (χ1n) is 7.34. The first-order valence-corrected chi connectivity index (χ1v) is 7.34. The van der Waals surface area contributed by atoms with Crippen molar-refractivity contribution in [1.82, 2.24) is 15.5 Å². The van der Waals surface area contributed by atoms with Gasteiger partial charge in [-0.05, 0) is 24.6 Å². The quantitative estimate of drug-likeness (QED) is 0.821. The van der Waals surface area contributed by atoms with E-state index in [9.17, 15) is 9.59 Å². The third-order valence-electron chi connectivity index (χ3n) is 4.04. The topological polar surface area (TPSA) is 61.4 Å². The van der Waals surface area contributed by atoms with E-state index in [0.29, 0.717) is 12.5 Å². The van der Waals surface area contributed by atoms with E-state index < -0.39 is 0 Å². The average molecular weight is 326 g/mol. The first-order chi connectivity index (χ1) is 10.1. The van der Waals surface area contributed by atoms with Gasteiger partial charge < -0.3 is 15.5 Å². The fraction of sp³-hybridized carbons (Fsp3) is 0.500. The predicted molar refractivity (Wildman–Crippen MR) is 88.7 cm³/mol. The fourth-order valence-corrected chi connectivity index (χ4v) is 2.28. The van der Waals surface area contributed by atoms with Crippen LogP contribution in [0.2, 0.25) is 0 Å². The summed E-state index contributed by atoms with van der Waals surface area (Å²) in [5.74, 6) is 0.231. The molecule has 0 aliphatic carbocycles. The third-order valence-corrected chi connectivity index (χ3v) is 4.04. The minimum Gasteiger partial charge on any atom is -0.347 e. The molecule has 0 saturated carbocycles. The summed E-state index contributed by atoms with van der Waals surface area (Å²) in [5.41, 5.74) is 1.08. The molecule has 1 aliphatic rings. The van der Waals surface area contributed by atoms with Crippen LogP contribution in [0, 0.1) is 11.8 Å². The second-order valence-electron chi connectivity index (χ2n) is 5.66. The molecule has 0 aromatic heterocycles. The van der Waals surface area contributed by atoms with Gasteiger partial charge >= 0.3 is 0 Å². The third kappa shape index (κ3) is 5.00. The van der Waals surface area contributed by atoms with Crippen molar-refractivity contribution >= 4 is 24.2 Å². The zero-order valence-electron chi connectivity index (χ0n) is 13.0. The van der Waals surface area contributed by atoms with Gasteiger partial charge in [-0.1, -0.05) is 37.3 Å². The van der Waals surface area contributed by atoms with E-state index in [1.54, 1.807) is 11.9 Å². The Morgan fingerprint density at radius 3 is 2.50 bits per heavy atom. The van der Waals surface area contributed by atoms with Crippen molar-refractivity contribution in [3.63, 3.8) is 0 Å². The Kier molecular flexibility index (Phi) is 7.35. The van der Waals surface area contributed by atoms with Crippen LogP contribution in [0.25, 0.3) is 0 Å². The molecule has 2 amide bonds. The van der Waals surface area contributed by atoms with E-state index in [-0.39, 0.29) is 36.7 Å². The average Bonchev–Trinajstić information content (AvgIpc) is 2.43. The molecule has 2 N–H and O–H groups in total. The highest BCUT2D eigenvalue weighted by Gasteiger charge is 2.28. The second kappa shape index (κ2) is 8.76. The standard InChI is InChI=1S/C16H23N3O2.ClH/c1-12(14-8-17-9-14)16(21)18-10-15(20)19(2)11-13-6-4-3-5-7-13;/h3-7,12,14,17H,8-11H2,1-2H3,(H,18,21);1H. The molecule has 1 aromatic carbocycles. The summed E-state index contributed by atoms with van der Waals surface area (Å²) in [6.45, 7) is 4.30. The van der Waals surface area contributed by atoms with Crippen molar-refractivity contribution in [3.8, 4) is 0 Å². The molecule has 5 nitrogen and oxygen atoms in total. The van der Waals surface area contributed by atoms with Crippen LogP contribution in [0.5, 0.6) is 0 Å². The van der Waals surface area contributed by atoms with Crippen LogP contribution in [0.15, 0.2) is 30.3 Å². The zero-order valence-corrected chi connectivity index (χ0v) is 13.9. The van der Waals surface area contributed by atoms with Gasteiger partial charge in [-0.3, -0.25) is 9.59 Å². The minimum absolute atomic E-state index is 0. The number of hydrogen-bond acceptors (Lipinski definition) is 3. The number of hydrogen-bond donors (Lipinski definition) is 2. The maximum atomic E-state index is 12.0. The highest BCUT2D eigenvalue weighted by Crippen LogP contribution is 2.15. The summed E-state index contributed by atoms with van der Waals surface area (Å²) in [5, 5.41) is 5.89. The number of carbonyl (C=O) groups is 2. The SMILES string of the molecule is CC(C(=O)NCC(=O)N(C)Cc1ccccc1)C1CNC1.Cl. The molecule has 6 heteroatoms. The molecular weight excluding hydrogens is 302 g/mol.